The number of aliphatic hydroxyl groups is 1. The van der Waals surface area contributed by atoms with Crippen molar-refractivity contribution in [3.63, 3.8) is 0 Å². The number of hydrogen-bond acceptors (Lipinski definition) is 4. The summed E-state index contributed by atoms with van der Waals surface area (Å²) in [6.07, 6.45) is 2.89. The average Bonchev–Trinajstić information content (AvgIpc) is 2.37. The fourth-order valence-corrected chi connectivity index (χ4v) is 3.15. The van der Waals surface area contributed by atoms with Crippen molar-refractivity contribution in [1.82, 2.24) is 4.72 Å². The molecular formula is C12H18ClFN2O3S. The molecule has 1 aromatic carbocycles. The van der Waals surface area contributed by atoms with E-state index in [1.54, 1.807) is 0 Å². The second kappa shape index (κ2) is 7.78. The highest BCUT2D eigenvalue weighted by atomic mass is 35.5. The summed E-state index contributed by atoms with van der Waals surface area (Å²) in [4.78, 5) is -0.544. The van der Waals surface area contributed by atoms with Crippen molar-refractivity contribution in [1.29, 1.82) is 0 Å². The third kappa shape index (κ3) is 4.90. The minimum absolute atomic E-state index is 0.0622. The van der Waals surface area contributed by atoms with E-state index >= 15 is 0 Å². The molecule has 1 rings (SSSR count). The van der Waals surface area contributed by atoms with Gasteiger partial charge in [-0.25, -0.2) is 17.5 Å². The van der Waals surface area contributed by atoms with Gasteiger partial charge in [-0.3, -0.25) is 0 Å². The smallest absolute Gasteiger partial charge is 0.243 e. The van der Waals surface area contributed by atoms with E-state index in [1.165, 1.54) is 0 Å². The summed E-state index contributed by atoms with van der Waals surface area (Å²) in [6, 6.07) is 2.19. The quantitative estimate of drug-likeness (QED) is 0.503. The van der Waals surface area contributed by atoms with Crippen LogP contribution in [0.15, 0.2) is 17.0 Å². The number of nitrogens with two attached hydrogens (primary N) is 1. The van der Waals surface area contributed by atoms with E-state index in [9.17, 15) is 12.8 Å². The number of aliphatic hydroxyl groups excluding tert-OH is 1. The summed E-state index contributed by atoms with van der Waals surface area (Å²) in [5, 5.41) is 8.67. The second-order valence-corrected chi connectivity index (χ2v) is 6.51. The predicted octanol–water partition coefficient (Wildman–Crippen LogP) is 1.89. The Morgan fingerprint density at radius 3 is 2.55 bits per heavy atom. The molecule has 5 nitrogen and oxygen atoms in total. The Morgan fingerprint density at radius 2 is 1.90 bits per heavy atom. The third-order valence-electron chi connectivity index (χ3n) is 2.70. The van der Waals surface area contributed by atoms with Crippen LogP contribution in [0.4, 0.5) is 10.1 Å². The molecule has 0 saturated heterocycles. The molecule has 0 heterocycles. The van der Waals surface area contributed by atoms with Crippen LogP contribution < -0.4 is 10.5 Å². The van der Waals surface area contributed by atoms with Gasteiger partial charge in [0.2, 0.25) is 10.0 Å². The van der Waals surface area contributed by atoms with Gasteiger partial charge in [0.05, 0.1) is 5.69 Å². The summed E-state index contributed by atoms with van der Waals surface area (Å²) in [5.74, 6) is -0.998. The average molecular weight is 325 g/mol. The molecule has 4 N–H and O–H groups in total. The zero-order chi connectivity index (χ0) is 15.2. The van der Waals surface area contributed by atoms with Crippen LogP contribution >= 0.6 is 11.6 Å². The van der Waals surface area contributed by atoms with Crippen molar-refractivity contribution in [3.05, 3.63) is 23.0 Å². The summed E-state index contributed by atoms with van der Waals surface area (Å²) < 4.78 is 39.9. The minimum atomic E-state index is -3.97. The van der Waals surface area contributed by atoms with Gasteiger partial charge in [0.1, 0.15) is 4.90 Å². The Hall–Kier alpha value is -0.890. The molecule has 1 aromatic rings. The Morgan fingerprint density at radius 1 is 1.25 bits per heavy atom. The largest absolute Gasteiger partial charge is 0.396 e. The lowest BCUT2D eigenvalue weighted by molar-refractivity contribution is 0.282. The highest BCUT2D eigenvalue weighted by Crippen LogP contribution is 2.25. The lowest BCUT2D eigenvalue weighted by Crippen LogP contribution is -2.26. The molecule has 0 aromatic heterocycles. The van der Waals surface area contributed by atoms with Crippen LogP contribution in [0.3, 0.4) is 0 Å². The zero-order valence-electron chi connectivity index (χ0n) is 10.9. The van der Waals surface area contributed by atoms with Gasteiger partial charge in [-0.2, -0.15) is 0 Å². The van der Waals surface area contributed by atoms with E-state index in [2.05, 4.69) is 4.72 Å². The van der Waals surface area contributed by atoms with E-state index in [0.29, 0.717) is 12.8 Å². The highest BCUT2D eigenvalue weighted by molar-refractivity contribution is 7.89. The molecule has 0 saturated carbocycles. The number of nitrogen functional groups attached to an aromatic ring is 1. The number of rotatable bonds is 8. The first kappa shape index (κ1) is 17.2. The first-order chi connectivity index (χ1) is 9.38. The highest BCUT2D eigenvalue weighted by Gasteiger charge is 2.21. The Balaban J connectivity index is 2.65. The van der Waals surface area contributed by atoms with Gasteiger partial charge in [-0.05, 0) is 25.0 Å². The first-order valence-electron chi connectivity index (χ1n) is 6.23. The van der Waals surface area contributed by atoms with Crippen LogP contribution in [-0.2, 0) is 10.0 Å². The molecule has 0 amide bonds. The Labute approximate surface area is 123 Å². The van der Waals surface area contributed by atoms with E-state index in [-0.39, 0.29) is 23.9 Å². The number of nitrogens with one attached hydrogen (secondary N) is 1. The lowest BCUT2D eigenvalue weighted by atomic mass is 10.2. The maximum absolute atomic E-state index is 13.7. The molecule has 0 aliphatic heterocycles. The number of sulfonamides is 1. The molecule has 0 spiro atoms. The molecule has 0 aliphatic rings. The van der Waals surface area contributed by atoms with Crippen LogP contribution in [0.1, 0.15) is 25.7 Å². The molecule has 0 fully saturated rings. The van der Waals surface area contributed by atoms with Gasteiger partial charge in [0, 0.05) is 18.2 Å². The summed E-state index contributed by atoms with van der Waals surface area (Å²) in [6.45, 7) is 0.318. The van der Waals surface area contributed by atoms with Gasteiger partial charge in [-0.15, -0.1) is 0 Å². The van der Waals surface area contributed by atoms with E-state index in [1.807, 2.05) is 0 Å². The molecule has 0 aliphatic carbocycles. The maximum atomic E-state index is 13.7. The van der Waals surface area contributed by atoms with Crippen molar-refractivity contribution < 1.29 is 17.9 Å². The van der Waals surface area contributed by atoms with Gasteiger partial charge < -0.3 is 10.8 Å². The van der Waals surface area contributed by atoms with E-state index in [0.717, 1.165) is 25.0 Å². The molecule has 114 valence electrons. The molecular weight excluding hydrogens is 307 g/mol. The maximum Gasteiger partial charge on any atom is 0.243 e. The lowest BCUT2D eigenvalue weighted by Gasteiger charge is -2.09. The number of anilines is 1. The second-order valence-electron chi connectivity index (χ2n) is 4.34. The molecule has 0 unspecified atom stereocenters. The summed E-state index contributed by atoms with van der Waals surface area (Å²) in [7, 11) is -3.97. The molecule has 0 radical (unpaired) electrons. The van der Waals surface area contributed by atoms with Crippen molar-refractivity contribution in [3.8, 4) is 0 Å². The number of benzene rings is 1. The molecule has 8 heteroatoms. The third-order valence-corrected chi connectivity index (χ3v) is 4.38. The topological polar surface area (TPSA) is 92.4 Å². The number of halogens is 2. The minimum Gasteiger partial charge on any atom is -0.396 e. The number of unbranched alkanes of at least 4 members (excludes halogenated alkanes) is 3. The van der Waals surface area contributed by atoms with E-state index < -0.39 is 20.7 Å². The van der Waals surface area contributed by atoms with Crippen LogP contribution in [0, 0.1) is 5.82 Å². The van der Waals surface area contributed by atoms with Gasteiger partial charge >= 0.3 is 0 Å². The monoisotopic (exact) mass is 324 g/mol. The van der Waals surface area contributed by atoms with Crippen LogP contribution in [0.2, 0.25) is 5.02 Å². The van der Waals surface area contributed by atoms with Crippen LogP contribution in [0.5, 0.6) is 0 Å². The molecule has 0 atom stereocenters. The fraction of sp³-hybridized carbons (Fsp3) is 0.500. The molecule has 0 bridgehead atoms. The van der Waals surface area contributed by atoms with Gasteiger partial charge in [0.15, 0.2) is 5.82 Å². The molecule has 20 heavy (non-hydrogen) atoms. The standard InChI is InChI=1S/C12H18ClFN2O3S/c13-9-7-10(15)12(14)11(8-9)20(18,19)16-5-3-1-2-4-6-17/h7-8,16-17H,1-6,15H2. The summed E-state index contributed by atoms with van der Waals surface area (Å²) >= 11 is 5.68. The van der Waals surface area contributed by atoms with Gasteiger partial charge in [-0.1, -0.05) is 24.4 Å². The van der Waals surface area contributed by atoms with Crippen molar-refractivity contribution >= 4 is 27.3 Å². The Kier molecular flexibility index (Phi) is 6.67. The number of hydrogen-bond donors (Lipinski definition) is 3. The zero-order valence-corrected chi connectivity index (χ0v) is 12.5. The summed E-state index contributed by atoms with van der Waals surface area (Å²) in [5.41, 5.74) is 5.05. The predicted molar refractivity (Wildman–Crippen MR) is 76.6 cm³/mol. The first-order valence-corrected chi connectivity index (χ1v) is 8.09. The SMILES string of the molecule is Nc1cc(Cl)cc(S(=O)(=O)NCCCCCCO)c1F. The van der Waals surface area contributed by atoms with Crippen molar-refractivity contribution in [2.75, 3.05) is 18.9 Å². The van der Waals surface area contributed by atoms with Crippen LogP contribution in [-0.4, -0.2) is 26.7 Å². The normalized spacial score (nSPS) is 11.8. The Bertz CT molecular complexity index is 552. The fourth-order valence-electron chi connectivity index (χ4n) is 1.65. The van der Waals surface area contributed by atoms with Crippen LogP contribution in [0.25, 0.3) is 0 Å². The van der Waals surface area contributed by atoms with Crippen molar-refractivity contribution in [2.24, 2.45) is 0 Å². The van der Waals surface area contributed by atoms with E-state index in [4.69, 9.17) is 22.4 Å². The van der Waals surface area contributed by atoms with Crippen molar-refractivity contribution in [2.45, 2.75) is 30.6 Å². The van der Waals surface area contributed by atoms with Gasteiger partial charge in [0.25, 0.3) is 0 Å².